The largest absolute Gasteiger partial charge is 0.147 e. The molecule has 0 saturated heterocycles. The van der Waals surface area contributed by atoms with Crippen LogP contribution in [-0.2, 0) is 16.3 Å². The second kappa shape index (κ2) is 11.7. The van der Waals surface area contributed by atoms with E-state index in [-0.39, 0.29) is 24.8 Å². The Labute approximate surface area is 150 Å². The molecule has 21 heavy (non-hydrogen) atoms. The fourth-order valence-corrected chi connectivity index (χ4v) is 4.82. The Bertz CT molecular complexity index is 390. The maximum absolute atomic E-state index is 2.40. The Morgan fingerprint density at radius 3 is 1.62 bits per heavy atom. The third-order valence-electron chi connectivity index (χ3n) is 3.87. The van der Waals surface area contributed by atoms with Crippen LogP contribution in [0.15, 0.2) is 44.0 Å². The molecule has 0 heterocycles. The Kier molecular flexibility index (Phi) is 11.7. The van der Waals surface area contributed by atoms with Gasteiger partial charge in [0, 0.05) is 0 Å². The first kappa shape index (κ1) is 21.1. The second-order valence-electron chi connectivity index (χ2n) is 5.48. The molecule has 0 radical (unpaired) electrons. The van der Waals surface area contributed by atoms with Crippen molar-refractivity contribution in [3.05, 3.63) is 44.0 Å². The molecule has 0 N–H and O–H groups in total. The normalized spacial score (nSPS) is 16.3. The van der Waals surface area contributed by atoms with Gasteiger partial charge in [0.15, 0.2) is 0 Å². The van der Waals surface area contributed by atoms with Gasteiger partial charge in [0.05, 0.1) is 0 Å². The van der Waals surface area contributed by atoms with Gasteiger partial charge in [-0.1, -0.05) is 0 Å². The second-order valence-corrected chi connectivity index (χ2v) is 7.51. The zero-order valence-corrected chi connectivity index (χ0v) is 16.3. The van der Waals surface area contributed by atoms with E-state index in [9.17, 15) is 0 Å². The van der Waals surface area contributed by atoms with Gasteiger partial charge in [-0.05, 0) is 0 Å². The summed E-state index contributed by atoms with van der Waals surface area (Å²) in [5.74, 6) is 0. The standard InChI is InChI=1S/2C9H13.2ClH.V/c2*1-2-3-6-9-7-4-5-8-9;;;/h2*4,7H,2-3,5-6H2,1H3;2*1H;. The Morgan fingerprint density at radius 1 is 0.810 bits per heavy atom. The molecule has 0 nitrogen and oxygen atoms in total. The maximum Gasteiger partial charge on any atom is -0.147 e. The molecular weight excluding hydrogens is 338 g/mol. The van der Waals surface area contributed by atoms with E-state index in [0.717, 1.165) is 0 Å². The average molecular weight is 366 g/mol. The average Bonchev–Trinajstić information content (AvgIpc) is 3.04. The van der Waals surface area contributed by atoms with Crippen LogP contribution in [0.3, 0.4) is 0 Å². The minimum Gasteiger partial charge on any atom is -0.147 e. The summed E-state index contributed by atoms with van der Waals surface area (Å²) in [6.07, 6.45) is 20.0. The fourth-order valence-electron chi connectivity index (χ4n) is 2.67. The van der Waals surface area contributed by atoms with Gasteiger partial charge in [-0.2, -0.15) is 0 Å². The van der Waals surface area contributed by atoms with Crippen molar-refractivity contribution in [2.75, 3.05) is 0 Å². The molecule has 0 bridgehead atoms. The van der Waals surface area contributed by atoms with Gasteiger partial charge < -0.3 is 0 Å². The van der Waals surface area contributed by atoms with Crippen molar-refractivity contribution < 1.29 is 16.3 Å². The van der Waals surface area contributed by atoms with Crippen molar-refractivity contribution in [2.45, 2.75) is 65.2 Å². The summed E-state index contributed by atoms with van der Waals surface area (Å²) in [6, 6.07) is 0. The molecule has 119 valence electrons. The Balaban J connectivity index is 0.00000200. The van der Waals surface area contributed by atoms with Crippen molar-refractivity contribution in [1.29, 1.82) is 0 Å². The van der Waals surface area contributed by atoms with Crippen LogP contribution in [0.1, 0.15) is 65.2 Å². The van der Waals surface area contributed by atoms with E-state index in [1.165, 1.54) is 51.4 Å². The van der Waals surface area contributed by atoms with E-state index < -0.39 is 0 Å². The number of rotatable bonds is 8. The van der Waals surface area contributed by atoms with E-state index in [2.05, 4.69) is 38.2 Å². The quantitative estimate of drug-likeness (QED) is 0.447. The minimum absolute atomic E-state index is 0. The van der Waals surface area contributed by atoms with Crippen molar-refractivity contribution in [2.24, 2.45) is 0 Å². The molecule has 0 unspecified atom stereocenters. The Hall–Kier alpha value is 0.124. The summed E-state index contributed by atoms with van der Waals surface area (Å²) in [5.41, 5.74) is 3.35. The molecule has 2 aliphatic carbocycles. The van der Waals surface area contributed by atoms with Crippen LogP contribution >= 0.6 is 24.8 Å². The molecule has 0 amide bonds. The van der Waals surface area contributed by atoms with E-state index in [4.69, 9.17) is 0 Å². The smallest absolute Gasteiger partial charge is 0.147 e. The van der Waals surface area contributed by atoms with Crippen LogP contribution in [0.4, 0.5) is 0 Å². The number of hydrogen-bond donors (Lipinski definition) is 0. The van der Waals surface area contributed by atoms with Crippen LogP contribution < -0.4 is 0 Å². The molecule has 3 heteroatoms. The Morgan fingerprint density at radius 2 is 1.24 bits per heavy atom. The van der Waals surface area contributed by atoms with Crippen LogP contribution in [0.25, 0.3) is 0 Å². The van der Waals surface area contributed by atoms with Crippen molar-refractivity contribution in [1.82, 2.24) is 0 Å². The molecule has 0 fully saturated rings. The van der Waals surface area contributed by atoms with E-state index in [1.54, 1.807) is 19.7 Å². The SMILES string of the molecule is CCCCC1=[C]([V][C]2=C(CCCC)C=CC2)CC=C1.Cl.Cl. The van der Waals surface area contributed by atoms with Gasteiger partial charge in [-0.3, -0.25) is 0 Å². The van der Waals surface area contributed by atoms with Crippen molar-refractivity contribution in [3.8, 4) is 0 Å². The fraction of sp³-hybridized carbons (Fsp3) is 0.556. The first-order chi connectivity index (χ1) is 9.35. The van der Waals surface area contributed by atoms with E-state index in [0.29, 0.717) is 16.3 Å². The zero-order valence-electron chi connectivity index (χ0n) is 13.2. The van der Waals surface area contributed by atoms with E-state index >= 15 is 0 Å². The number of allylic oxidation sites excluding steroid dienone is 8. The summed E-state index contributed by atoms with van der Waals surface area (Å²) in [6.45, 7) is 4.58. The molecule has 2 rings (SSSR count). The van der Waals surface area contributed by atoms with Crippen LogP contribution in [0.5, 0.6) is 0 Å². The first-order valence-corrected chi connectivity index (χ1v) is 9.23. The topological polar surface area (TPSA) is 0 Å². The molecule has 0 saturated carbocycles. The predicted molar refractivity (Wildman–Crippen MR) is 95.1 cm³/mol. The molecule has 2 aliphatic rings. The molecule has 0 aromatic heterocycles. The van der Waals surface area contributed by atoms with Gasteiger partial charge in [0.2, 0.25) is 0 Å². The summed E-state index contributed by atoms with van der Waals surface area (Å²) >= 11 is 0.298. The monoisotopic (exact) mass is 365 g/mol. The molecule has 0 aromatic carbocycles. The van der Waals surface area contributed by atoms with Gasteiger partial charge in [0.25, 0.3) is 0 Å². The van der Waals surface area contributed by atoms with Gasteiger partial charge in [0.1, 0.15) is 0 Å². The maximum atomic E-state index is 2.40. The number of hydrogen-bond acceptors (Lipinski definition) is 0. The third kappa shape index (κ3) is 6.41. The minimum atomic E-state index is 0. The number of unbranched alkanes of at least 4 members (excludes halogenated alkanes) is 2. The third-order valence-corrected chi connectivity index (χ3v) is 6.18. The summed E-state index contributed by atoms with van der Waals surface area (Å²) in [4.78, 5) is 0. The summed E-state index contributed by atoms with van der Waals surface area (Å²) in [7, 11) is 0. The molecule has 0 aliphatic heterocycles. The summed E-state index contributed by atoms with van der Waals surface area (Å²) < 4.78 is 3.58. The molecular formula is C18H28Cl2V. The van der Waals surface area contributed by atoms with Crippen LogP contribution in [-0.4, -0.2) is 0 Å². The zero-order chi connectivity index (χ0) is 13.5. The van der Waals surface area contributed by atoms with Crippen molar-refractivity contribution in [3.63, 3.8) is 0 Å². The molecule has 0 spiro atoms. The predicted octanol–water partition coefficient (Wildman–Crippen LogP) is 6.72. The summed E-state index contributed by atoms with van der Waals surface area (Å²) in [5, 5.41) is 0. The van der Waals surface area contributed by atoms with Crippen molar-refractivity contribution >= 4 is 24.8 Å². The van der Waals surface area contributed by atoms with Gasteiger partial charge >= 0.3 is 126 Å². The van der Waals surface area contributed by atoms with E-state index in [1.807, 2.05) is 0 Å². The molecule has 0 aromatic rings. The van der Waals surface area contributed by atoms with Crippen LogP contribution in [0, 0.1) is 0 Å². The van der Waals surface area contributed by atoms with Gasteiger partial charge in [-0.15, -0.1) is 24.8 Å². The van der Waals surface area contributed by atoms with Gasteiger partial charge in [-0.25, -0.2) is 0 Å². The molecule has 0 atom stereocenters. The number of halogens is 2. The first-order valence-electron chi connectivity index (χ1n) is 7.84. The van der Waals surface area contributed by atoms with Crippen LogP contribution in [0.2, 0.25) is 0 Å².